The van der Waals surface area contributed by atoms with Crippen LogP contribution in [-0.2, 0) is 4.79 Å². The maximum Gasteiger partial charge on any atom is 0.250 e. The first-order valence-corrected chi connectivity index (χ1v) is 9.66. The van der Waals surface area contributed by atoms with Crippen molar-refractivity contribution in [3.05, 3.63) is 58.1 Å². The van der Waals surface area contributed by atoms with Gasteiger partial charge in [-0.2, -0.15) is 5.10 Å². The minimum absolute atomic E-state index is 0.156. The van der Waals surface area contributed by atoms with Crippen molar-refractivity contribution in [1.29, 1.82) is 0 Å². The van der Waals surface area contributed by atoms with E-state index in [-0.39, 0.29) is 11.7 Å². The number of halogens is 1. The van der Waals surface area contributed by atoms with Crippen molar-refractivity contribution in [2.75, 3.05) is 12.9 Å². The predicted molar refractivity (Wildman–Crippen MR) is 110 cm³/mol. The SMILES string of the molecule is COc1cc(C)c(/C=N\NC(=O)CSc2ccc(Cl)cc2)cc1C(C)C. The summed E-state index contributed by atoms with van der Waals surface area (Å²) < 4.78 is 5.44. The van der Waals surface area contributed by atoms with Crippen LogP contribution in [0, 0.1) is 6.92 Å². The van der Waals surface area contributed by atoms with Crippen molar-refractivity contribution in [3.8, 4) is 5.75 Å². The first kappa shape index (κ1) is 20.3. The number of carbonyl (C=O) groups is 1. The monoisotopic (exact) mass is 390 g/mol. The van der Waals surface area contributed by atoms with Crippen LogP contribution in [0.3, 0.4) is 0 Å². The fourth-order valence-electron chi connectivity index (χ4n) is 2.37. The highest BCUT2D eigenvalue weighted by atomic mass is 35.5. The molecule has 0 fully saturated rings. The average Bonchev–Trinajstić information content (AvgIpc) is 2.62. The van der Waals surface area contributed by atoms with E-state index in [0.29, 0.717) is 10.9 Å². The third kappa shape index (κ3) is 5.78. The molecule has 0 aliphatic carbocycles. The third-order valence-electron chi connectivity index (χ3n) is 3.82. The van der Waals surface area contributed by atoms with Gasteiger partial charge in [-0.05, 0) is 65.9 Å². The fraction of sp³-hybridized carbons (Fsp3) is 0.300. The van der Waals surface area contributed by atoms with E-state index in [1.807, 2.05) is 25.1 Å². The molecule has 4 nitrogen and oxygen atoms in total. The fourth-order valence-corrected chi connectivity index (χ4v) is 3.19. The minimum atomic E-state index is -0.156. The van der Waals surface area contributed by atoms with Gasteiger partial charge in [-0.1, -0.05) is 25.4 Å². The molecule has 0 saturated carbocycles. The van der Waals surface area contributed by atoms with E-state index in [2.05, 4.69) is 30.4 Å². The number of hydrazone groups is 1. The largest absolute Gasteiger partial charge is 0.496 e. The molecule has 0 bridgehead atoms. The van der Waals surface area contributed by atoms with Gasteiger partial charge in [0.25, 0.3) is 0 Å². The van der Waals surface area contributed by atoms with E-state index in [9.17, 15) is 4.79 Å². The Morgan fingerprint density at radius 3 is 2.62 bits per heavy atom. The third-order valence-corrected chi connectivity index (χ3v) is 5.08. The first-order valence-electron chi connectivity index (χ1n) is 8.29. The van der Waals surface area contributed by atoms with Crippen LogP contribution in [0.1, 0.15) is 36.5 Å². The number of thioether (sulfide) groups is 1. The number of benzene rings is 2. The lowest BCUT2D eigenvalue weighted by Gasteiger charge is -2.14. The van der Waals surface area contributed by atoms with E-state index in [1.165, 1.54) is 11.8 Å². The molecular formula is C20H23ClN2O2S. The Labute approximate surface area is 164 Å². The summed E-state index contributed by atoms with van der Waals surface area (Å²) >= 11 is 7.28. The van der Waals surface area contributed by atoms with Crippen LogP contribution >= 0.6 is 23.4 Å². The number of rotatable bonds is 7. The zero-order valence-corrected chi connectivity index (χ0v) is 16.9. The van der Waals surface area contributed by atoms with Crippen LogP contribution in [0.2, 0.25) is 5.02 Å². The molecule has 2 aromatic rings. The van der Waals surface area contributed by atoms with Gasteiger partial charge < -0.3 is 4.74 Å². The standard InChI is InChI=1S/C20H23ClN2O2S/c1-13(2)18-10-15(14(3)9-19(18)25-4)11-22-23-20(24)12-26-17-7-5-16(21)6-8-17/h5-11,13H,12H2,1-4H3,(H,23,24)/b22-11-. The Bertz CT molecular complexity index is 789. The van der Waals surface area contributed by atoms with Gasteiger partial charge in [0.15, 0.2) is 0 Å². The molecule has 6 heteroatoms. The van der Waals surface area contributed by atoms with Gasteiger partial charge >= 0.3 is 0 Å². The lowest BCUT2D eigenvalue weighted by Crippen LogP contribution is -2.19. The molecule has 0 saturated heterocycles. The van der Waals surface area contributed by atoms with E-state index < -0.39 is 0 Å². The summed E-state index contributed by atoms with van der Waals surface area (Å²) in [6.45, 7) is 6.22. The summed E-state index contributed by atoms with van der Waals surface area (Å²) in [7, 11) is 1.67. The second-order valence-electron chi connectivity index (χ2n) is 6.14. The summed E-state index contributed by atoms with van der Waals surface area (Å²) in [4.78, 5) is 12.9. The van der Waals surface area contributed by atoms with Crippen molar-refractivity contribution < 1.29 is 9.53 Å². The van der Waals surface area contributed by atoms with Gasteiger partial charge in [0.05, 0.1) is 19.1 Å². The zero-order valence-electron chi connectivity index (χ0n) is 15.4. The highest BCUT2D eigenvalue weighted by molar-refractivity contribution is 8.00. The molecule has 0 heterocycles. The van der Waals surface area contributed by atoms with Crippen LogP contribution in [0.5, 0.6) is 5.75 Å². The molecular weight excluding hydrogens is 368 g/mol. The molecule has 26 heavy (non-hydrogen) atoms. The number of hydrogen-bond acceptors (Lipinski definition) is 4. The molecule has 138 valence electrons. The quantitative estimate of drug-likeness (QED) is 0.410. The lowest BCUT2D eigenvalue weighted by atomic mass is 9.97. The Morgan fingerprint density at radius 2 is 2.00 bits per heavy atom. The predicted octanol–water partition coefficient (Wildman–Crippen LogP) is 5.02. The average molecular weight is 391 g/mol. The Hall–Kier alpha value is -1.98. The molecule has 2 aromatic carbocycles. The topological polar surface area (TPSA) is 50.7 Å². The molecule has 1 amide bonds. The van der Waals surface area contributed by atoms with E-state index >= 15 is 0 Å². The Morgan fingerprint density at radius 1 is 1.31 bits per heavy atom. The number of hydrogen-bond donors (Lipinski definition) is 1. The highest BCUT2D eigenvalue weighted by Crippen LogP contribution is 2.29. The van der Waals surface area contributed by atoms with E-state index in [1.54, 1.807) is 25.5 Å². The number of ether oxygens (including phenoxy) is 1. The van der Waals surface area contributed by atoms with Crippen molar-refractivity contribution in [3.63, 3.8) is 0 Å². The number of aryl methyl sites for hydroxylation is 1. The summed E-state index contributed by atoms with van der Waals surface area (Å²) in [6.07, 6.45) is 1.67. The van der Waals surface area contributed by atoms with Crippen LogP contribution in [0.15, 0.2) is 46.4 Å². The molecule has 0 aliphatic heterocycles. The normalized spacial score (nSPS) is 11.2. The Kier molecular flexibility index (Phi) is 7.54. The van der Waals surface area contributed by atoms with Gasteiger partial charge in [0, 0.05) is 9.92 Å². The lowest BCUT2D eigenvalue weighted by molar-refractivity contribution is -0.118. The van der Waals surface area contributed by atoms with Crippen LogP contribution < -0.4 is 10.2 Å². The van der Waals surface area contributed by atoms with Crippen molar-refractivity contribution in [2.45, 2.75) is 31.6 Å². The molecule has 0 unspecified atom stereocenters. The maximum absolute atomic E-state index is 11.9. The van der Waals surface area contributed by atoms with Gasteiger partial charge in [-0.3, -0.25) is 4.79 Å². The number of nitrogens with one attached hydrogen (secondary N) is 1. The first-order chi connectivity index (χ1) is 12.4. The number of carbonyl (C=O) groups excluding carboxylic acids is 1. The molecule has 0 atom stereocenters. The summed E-state index contributed by atoms with van der Waals surface area (Å²) in [5, 5.41) is 4.76. The molecule has 2 rings (SSSR count). The molecule has 0 aliphatic rings. The summed E-state index contributed by atoms with van der Waals surface area (Å²) in [5.41, 5.74) is 5.68. The second-order valence-corrected chi connectivity index (χ2v) is 7.63. The van der Waals surface area contributed by atoms with Crippen LogP contribution in [0.25, 0.3) is 0 Å². The van der Waals surface area contributed by atoms with Gasteiger partial charge in [-0.25, -0.2) is 5.43 Å². The highest BCUT2D eigenvalue weighted by Gasteiger charge is 2.10. The van der Waals surface area contributed by atoms with Gasteiger partial charge in [0.2, 0.25) is 5.91 Å². The smallest absolute Gasteiger partial charge is 0.250 e. The molecule has 1 N–H and O–H groups in total. The van der Waals surface area contributed by atoms with Crippen molar-refractivity contribution in [2.24, 2.45) is 5.10 Å². The minimum Gasteiger partial charge on any atom is -0.496 e. The van der Waals surface area contributed by atoms with Crippen molar-refractivity contribution >= 4 is 35.5 Å². The number of amides is 1. The van der Waals surface area contributed by atoms with Crippen molar-refractivity contribution in [1.82, 2.24) is 5.43 Å². The molecule has 0 spiro atoms. The van der Waals surface area contributed by atoms with E-state index in [4.69, 9.17) is 16.3 Å². The number of methoxy groups -OCH3 is 1. The zero-order chi connectivity index (χ0) is 19.1. The van der Waals surface area contributed by atoms with E-state index in [0.717, 1.165) is 27.3 Å². The van der Waals surface area contributed by atoms with Gasteiger partial charge in [-0.15, -0.1) is 11.8 Å². The summed E-state index contributed by atoms with van der Waals surface area (Å²) in [5.74, 6) is 1.34. The number of nitrogens with zero attached hydrogens (tertiary/aromatic N) is 1. The van der Waals surface area contributed by atoms with Gasteiger partial charge in [0.1, 0.15) is 5.75 Å². The molecule has 0 aromatic heterocycles. The Balaban J connectivity index is 1.95. The maximum atomic E-state index is 11.9. The van der Waals surface area contributed by atoms with Crippen LogP contribution in [-0.4, -0.2) is 25.0 Å². The second kappa shape index (κ2) is 9.64. The summed E-state index contributed by atoms with van der Waals surface area (Å²) in [6, 6.07) is 11.4. The molecule has 0 radical (unpaired) electrons. The van der Waals surface area contributed by atoms with Crippen LogP contribution in [0.4, 0.5) is 0 Å².